The molecule has 1 heterocycles. The fourth-order valence-corrected chi connectivity index (χ4v) is 2.43. The van der Waals surface area contributed by atoms with Gasteiger partial charge in [0.15, 0.2) is 0 Å². The van der Waals surface area contributed by atoms with E-state index in [0.29, 0.717) is 10.4 Å². The van der Waals surface area contributed by atoms with Crippen molar-refractivity contribution in [1.82, 2.24) is 0 Å². The highest BCUT2D eigenvalue weighted by Gasteiger charge is 2.19. The SMILES string of the molecule is Fc1cccc(C2CCOCC2)c1Br. The highest BCUT2D eigenvalue weighted by Crippen LogP contribution is 2.33. The molecule has 1 fully saturated rings. The van der Waals surface area contributed by atoms with Crippen LogP contribution in [0.2, 0.25) is 0 Å². The molecule has 0 unspecified atom stereocenters. The van der Waals surface area contributed by atoms with E-state index in [4.69, 9.17) is 4.74 Å². The molecule has 1 aromatic carbocycles. The summed E-state index contributed by atoms with van der Waals surface area (Å²) in [6.07, 6.45) is 1.98. The molecule has 0 aromatic heterocycles. The van der Waals surface area contributed by atoms with Crippen LogP contribution in [0.15, 0.2) is 22.7 Å². The first-order valence-electron chi connectivity index (χ1n) is 4.80. The first kappa shape index (κ1) is 10.1. The van der Waals surface area contributed by atoms with Crippen molar-refractivity contribution in [2.24, 2.45) is 0 Å². The van der Waals surface area contributed by atoms with Gasteiger partial charge in [0.2, 0.25) is 0 Å². The molecular weight excluding hydrogens is 247 g/mol. The highest BCUT2D eigenvalue weighted by molar-refractivity contribution is 9.10. The number of benzene rings is 1. The van der Waals surface area contributed by atoms with Crippen molar-refractivity contribution in [3.05, 3.63) is 34.1 Å². The molecule has 0 radical (unpaired) electrons. The van der Waals surface area contributed by atoms with Gasteiger partial charge in [-0.1, -0.05) is 12.1 Å². The zero-order valence-corrected chi connectivity index (χ0v) is 9.39. The molecule has 1 saturated heterocycles. The molecule has 0 atom stereocenters. The summed E-state index contributed by atoms with van der Waals surface area (Å²) >= 11 is 3.30. The van der Waals surface area contributed by atoms with Gasteiger partial charge in [-0.3, -0.25) is 0 Å². The van der Waals surface area contributed by atoms with Gasteiger partial charge in [-0.2, -0.15) is 0 Å². The Kier molecular flexibility index (Phi) is 3.19. The average Bonchev–Trinajstić information content (AvgIpc) is 2.23. The lowest BCUT2D eigenvalue weighted by molar-refractivity contribution is 0.0851. The maximum Gasteiger partial charge on any atom is 0.137 e. The van der Waals surface area contributed by atoms with Crippen LogP contribution in [0.3, 0.4) is 0 Å². The summed E-state index contributed by atoms with van der Waals surface area (Å²) in [5.74, 6) is 0.266. The third-order valence-corrected chi connectivity index (χ3v) is 3.48. The second kappa shape index (κ2) is 4.41. The van der Waals surface area contributed by atoms with E-state index < -0.39 is 0 Å². The van der Waals surface area contributed by atoms with Gasteiger partial charge < -0.3 is 4.74 Å². The molecule has 0 N–H and O–H groups in total. The summed E-state index contributed by atoms with van der Waals surface area (Å²) in [4.78, 5) is 0. The minimum Gasteiger partial charge on any atom is -0.381 e. The molecule has 0 bridgehead atoms. The molecule has 0 spiro atoms. The fourth-order valence-electron chi connectivity index (χ4n) is 1.84. The molecule has 76 valence electrons. The topological polar surface area (TPSA) is 9.23 Å². The first-order chi connectivity index (χ1) is 6.79. The average molecular weight is 259 g/mol. The van der Waals surface area contributed by atoms with Crippen molar-refractivity contribution < 1.29 is 9.13 Å². The lowest BCUT2D eigenvalue weighted by Gasteiger charge is -2.23. The Labute approximate surface area is 91.4 Å². The van der Waals surface area contributed by atoms with Crippen LogP contribution >= 0.6 is 15.9 Å². The molecule has 1 aromatic rings. The summed E-state index contributed by atoms with van der Waals surface area (Å²) in [6.45, 7) is 1.57. The molecule has 1 aliphatic heterocycles. The van der Waals surface area contributed by atoms with Crippen molar-refractivity contribution >= 4 is 15.9 Å². The Morgan fingerprint density at radius 3 is 2.71 bits per heavy atom. The van der Waals surface area contributed by atoms with Gasteiger partial charge in [-0.25, -0.2) is 4.39 Å². The molecule has 0 amide bonds. The van der Waals surface area contributed by atoms with Crippen LogP contribution in [0, 0.1) is 5.82 Å². The molecule has 0 saturated carbocycles. The standard InChI is InChI=1S/C11H12BrFO/c12-11-9(2-1-3-10(11)13)8-4-6-14-7-5-8/h1-3,8H,4-7H2. The number of ether oxygens (including phenoxy) is 1. The Morgan fingerprint density at radius 2 is 2.00 bits per heavy atom. The normalized spacial score (nSPS) is 18.4. The quantitative estimate of drug-likeness (QED) is 0.750. The van der Waals surface area contributed by atoms with Crippen LogP contribution in [0.4, 0.5) is 4.39 Å². The molecule has 1 aliphatic rings. The van der Waals surface area contributed by atoms with Gasteiger partial charge in [0, 0.05) is 13.2 Å². The van der Waals surface area contributed by atoms with Crippen molar-refractivity contribution in [2.75, 3.05) is 13.2 Å². The van der Waals surface area contributed by atoms with E-state index in [1.54, 1.807) is 6.07 Å². The van der Waals surface area contributed by atoms with Gasteiger partial charge in [-0.05, 0) is 46.3 Å². The van der Waals surface area contributed by atoms with E-state index in [1.165, 1.54) is 6.07 Å². The Balaban J connectivity index is 2.26. The van der Waals surface area contributed by atoms with Crippen molar-refractivity contribution in [3.63, 3.8) is 0 Å². The van der Waals surface area contributed by atoms with Crippen molar-refractivity contribution in [1.29, 1.82) is 0 Å². The van der Waals surface area contributed by atoms with Gasteiger partial charge >= 0.3 is 0 Å². The van der Waals surface area contributed by atoms with E-state index in [2.05, 4.69) is 15.9 Å². The maximum atomic E-state index is 13.3. The third-order valence-electron chi connectivity index (χ3n) is 2.64. The smallest absolute Gasteiger partial charge is 0.137 e. The van der Waals surface area contributed by atoms with E-state index in [-0.39, 0.29) is 5.82 Å². The van der Waals surface area contributed by atoms with Crippen LogP contribution in [-0.4, -0.2) is 13.2 Å². The van der Waals surface area contributed by atoms with Gasteiger partial charge in [0.25, 0.3) is 0 Å². The minimum absolute atomic E-state index is 0.172. The van der Waals surface area contributed by atoms with Crippen LogP contribution in [0.25, 0.3) is 0 Å². The van der Waals surface area contributed by atoms with E-state index in [0.717, 1.165) is 31.6 Å². The van der Waals surface area contributed by atoms with Crippen LogP contribution in [-0.2, 0) is 4.74 Å². The van der Waals surface area contributed by atoms with Crippen LogP contribution in [0.1, 0.15) is 24.3 Å². The lowest BCUT2D eigenvalue weighted by atomic mass is 9.92. The van der Waals surface area contributed by atoms with Crippen molar-refractivity contribution in [3.8, 4) is 0 Å². The molecule has 2 rings (SSSR count). The minimum atomic E-state index is -0.172. The summed E-state index contributed by atoms with van der Waals surface area (Å²) in [7, 11) is 0. The Bertz CT molecular complexity index is 321. The highest BCUT2D eigenvalue weighted by atomic mass is 79.9. The predicted molar refractivity (Wildman–Crippen MR) is 56.9 cm³/mol. The van der Waals surface area contributed by atoms with E-state index in [1.807, 2.05) is 6.07 Å². The first-order valence-corrected chi connectivity index (χ1v) is 5.60. The number of hydrogen-bond donors (Lipinski definition) is 0. The summed E-state index contributed by atoms with van der Waals surface area (Å²) in [5.41, 5.74) is 1.08. The fraction of sp³-hybridized carbons (Fsp3) is 0.455. The van der Waals surface area contributed by atoms with E-state index in [9.17, 15) is 4.39 Å². The molecule has 14 heavy (non-hydrogen) atoms. The Hall–Kier alpha value is -0.410. The second-order valence-corrected chi connectivity index (χ2v) is 4.32. The molecule has 1 nitrogen and oxygen atoms in total. The summed E-state index contributed by atoms with van der Waals surface area (Å²) < 4.78 is 19.2. The number of rotatable bonds is 1. The van der Waals surface area contributed by atoms with Gasteiger partial charge in [-0.15, -0.1) is 0 Å². The van der Waals surface area contributed by atoms with Gasteiger partial charge in [0.1, 0.15) is 5.82 Å². The second-order valence-electron chi connectivity index (χ2n) is 3.53. The lowest BCUT2D eigenvalue weighted by Crippen LogP contribution is -2.14. The zero-order chi connectivity index (χ0) is 9.97. The maximum absolute atomic E-state index is 13.3. The van der Waals surface area contributed by atoms with Crippen LogP contribution in [0.5, 0.6) is 0 Å². The monoisotopic (exact) mass is 258 g/mol. The van der Waals surface area contributed by atoms with Gasteiger partial charge in [0.05, 0.1) is 4.47 Å². The Morgan fingerprint density at radius 1 is 1.29 bits per heavy atom. The van der Waals surface area contributed by atoms with Crippen LogP contribution < -0.4 is 0 Å². The number of hydrogen-bond acceptors (Lipinski definition) is 1. The molecular formula is C11H12BrFO. The van der Waals surface area contributed by atoms with E-state index >= 15 is 0 Å². The molecule has 0 aliphatic carbocycles. The largest absolute Gasteiger partial charge is 0.381 e. The third kappa shape index (κ3) is 1.98. The summed E-state index contributed by atoms with van der Waals surface area (Å²) in [6, 6.07) is 5.24. The summed E-state index contributed by atoms with van der Waals surface area (Å²) in [5, 5.41) is 0. The zero-order valence-electron chi connectivity index (χ0n) is 7.80. The van der Waals surface area contributed by atoms with Crippen molar-refractivity contribution in [2.45, 2.75) is 18.8 Å². The predicted octanol–water partition coefficient (Wildman–Crippen LogP) is 3.48. The number of halogens is 2. The molecule has 3 heteroatoms.